The molecule has 0 atom stereocenters. The van der Waals surface area contributed by atoms with Gasteiger partial charge < -0.3 is 10.6 Å². The van der Waals surface area contributed by atoms with Gasteiger partial charge >= 0.3 is 0 Å². The summed E-state index contributed by atoms with van der Waals surface area (Å²) in [5.74, 6) is -0.483. The lowest BCUT2D eigenvalue weighted by molar-refractivity contribution is -0.120. The van der Waals surface area contributed by atoms with Crippen molar-refractivity contribution in [3.8, 4) is 0 Å². The number of carbonyl (C=O) groups excluding carboxylic acids is 2. The Bertz CT molecular complexity index is 641. The zero-order valence-corrected chi connectivity index (χ0v) is 13.1. The Balaban J connectivity index is 1.80. The fraction of sp³-hybridized carbons (Fsp3) is 0.200. The van der Waals surface area contributed by atoms with Gasteiger partial charge in [-0.25, -0.2) is 0 Å². The number of nitrogens with one attached hydrogen (secondary N) is 2. The van der Waals surface area contributed by atoms with Crippen LogP contribution in [0, 0.1) is 6.92 Å². The van der Waals surface area contributed by atoms with E-state index >= 15 is 0 Å². The van der Waals surface area contributed by atoms with Crippen LogP contribution in [0.1, 0.15) is 21.5 Å². The lowest BCUT2D eigenvalue weighted by atomic mass is 10.1. The molecule has 6 heteroatoms. The summed E-state index contributed by atoms with van der Waals surface area (Å²) in [4.78, 5) is 23.4. The van der Waals surface area contributed by atoms with Crippen molar-refractivity contribution < 1.29 is 9.59 Å². The van der Waals surface area contributed by atoms with E-state index in [0.717, 1.165) is 11.1 Å². The number of hydrogen-bond donors (Lipinski definition) is 2. The van der Waals surface area contributed by atoms with Crippen molar-refractivity contribution in [1.29, 1.82) is 0 Å². The van der Waals surface area contributed by atoms with Crippen LogP contribution in [0.15, 0.2) is 35.0 Å². The first-order chi connectivity index (χ1) is 10.1. The first-order valence-corrected chi connectivity index (χ1v) is 7.70. The molecule has 21 heavy (non-hydrogen) atoms. The number of carbonyl (C=O) groups is 2. The number of benzene rings is 1. The normalized spacial score (nSPS) is 10.2. The minimum Gasteiger partial charge on any atom is -0.350 e. The van der Waals surface area contributed by atoms with Crippen LogP contribution < -0.4 is 10.6 Å². The number of thiophene rings is 1. The number of halogens is 1. The van der Waals surface area contributed by atoms with Crippen LogP contribution in [0.5, 0.6) is 0 Å². The van der Waals surface area contributed by atoms with E-state index in [9.17, 15) is 9.59 Å². The van der Waals surface area contributed by atoms with Crippen molar-refractivity contribution in [2.75, 3.05) is 6.54 Å². The molecule has 0 fully saturated rings. The second-order valence-corrected chi connectivity index (χ2v) is 5.76. The van der Waals surface area contributed by atoms with E-state index in [1.54, 1.807) is 11.4 Å². The molecule has 0 aliphatic heterocycles. The van der Waals surface area contributed by atoms with Crippen LogP contribution in [0.4, 0.5) is 0 Å². The largest absolute Gasteiger partial charge is 0.350 e. The molecule has 1 aromatic carbocycles. The van der Waals surface area contributed by atoms with E-state index in [-0.39, 0.29) is 18.4 Å². The number of hydrogen-bond acceptors (Lipinski definition) is 3. The molecule has 0 saturated carbocycles. The van der Waals surface area contributed by atoms with E-state index in [1.807, 2.05) is 30.5 Å². The highest BCUT2D eigenvalue weighted by molar-refractivity contribution is 7.08. The van der Waals surface area contributed by atoms with Gasteiger partial charge in [-0.1, -0.05) is 17.7 Å². The molecule has 2 aromatic rings. The van der Waals surface area contributed by atoms with Crippen LogP contribution in [0.25, 0.3) is 0 Å². The Kier molecular flexibility index (Phi) is 5.36. The van der Waals surface area contributed by atoms with E-state index in [0.29, 0.717) is 17.1 Å². The fourth-order valence-electron chi connectivity index (χ4n) is 1.74. The Labute approximate surface area is 132 Å². The molecule has 0 spiro atoms. The molecule has 4 nitrogen and oxygen atoms in total. The van der Waals surface area contributed by atoms with E-state index < -0.39 is 0 Å². The van der Waals surface area contributed by atoms with Gasteiger partial charge in [0, 0.05) is 22.5 Å². The number of amides is 2. The van der Waals surface area contributed by atoms with Crippen molar-refractivity contribution in [3.05, 3.63) is 56.7 Å². The third-order valence-corrected chi connectivity index (χ3v) is 3.90. The highest BCUT2D eigenvalue weighted by Gasteiger charge is 2.08. The second-order valence-electron chi connectivity index (χ2n) is 4.54. The Morgan fingerprint density at radius 3 is 2.76 bits per heavy atom. The van der Waals surface area contributed by atoms with Crippen molar-refractivity contribution in [2.45, 2.75) is 13.5 Å². The predicted molar refractivity (Wildman–Crippen MR) is 84.7 cm³/mol. The average molecular weight is 323 g/mol. The quantitative estimate of drug-likeness (QED) is 0.889. The Morgan fingerprint density at radius 1 is 1.24 bits per heavy atom. The summed E-state index contributed by atoms with van der Waals surface area (Å²) in [6.45, 7) is 2.30. The molecule has 0 aliphatic carbocycles. The minimum atomic E-state index is -0.245. The summed E-state index contributed by atoms with van der Waals surface area (Å²) in [7, 11) is 0. The Morgan fingerprint density at radius 2 is 2.05 bits per heavy atom. The molecular weight excluding hydrogens is 308 g/mol. The number of rotatable bonds is 5. The lowest BCUT2D eigenvalue weighted by Gasteiger charge is -2.09. The maximum atomic E-state index is 11.7. The first-order valence-electron chi connectivity index (χ1n) is 6.38. The van der Waals surface area contributed by atoms with Crippen LogP contribution in [0.3, 0.4) is 0 Å². The summed E-state index contributed by atoms with van der Waals surface area (Å²) in [6.07, 6.45) is 0. The molecule has 0 unspecified atom stereocenters. The predicted octanol–water partition coefficient (Wildman–Crippen LogP) is 2.76. The van der Waals surface area contributed by atoms with Crippen LogP contribution in [-0.2, 0) is 11.3 Å². The summed E-state index contributed by atoms with van der Waals surface area (Å²) in [5, 5.41) is 9.52. The molecule has 1 heterocycles. The molecule has 0 bridgehead atoms. The van der Waals surface area contributed by atoms with Gasteiger partial charge in [-0.2, -0.15) is 11.3 Å². The summed E-state index contributed by atoms with van der Waals surface area (Å²) in [5.41, 5.74) is 2.58. The molecule has 0 saturated heterocycles. The average Bonchev–Trinajstić information content (AvgIpc) is 3.00. The maximum absolute atomic E-state index is 11.7. The van der Waals surface area contributed by atoms with Crippen molar-refractivity contribution in [1.82, 2.24) is 10.6 Å². The molecule has 0 radical (unpaired) electrons. The topological polar surface area (TPSA) is 58.2 Å². The standard InChI is InChI=1S/C15H15ClN2O2S/c1-10-2-3-13(16)6-12(10)7-17-14(19)8-18-15(20)11-4-5-21-9-11/h2-6,9H,7-8H2,1H3,(H,17,19)(H,18,20). The molecule has 2 N–H and O–H groups in total. The third-order valence-electron chi connectivity index (χ3n) is 2.98. The van der Waals surface area contributed by atoms with Gasteiger partial charge in [0.25, 0.3) is 5.91 Å². The first kappa shape index (κ1) is 15.5. The minimum absolute atomic E-state index is 0.0473. The van der Waals surface area contributed by atoms with E-state index in [2.05, 4.69) is 10.6 Å². The highest BCUT2D eigenvalue weighted by atomic mass is 35.5. The summed E-state index contributed by atoms with van der Waals surface area (Å²) >= 11 is 7.36. The molecule has 2 amide bonds. The van der Waals surface area contributed by atoms with Gasteiger partial charge in [0.15, 0.2) is 0 Å². The smallest absolute Gasteiger partial charge is 0.252 e. The third kappa shape index (κ3) is 4.58. The lowest BCUT2D eigenvalue weighted by Crippen LogP contribution is -2.36. The van der Waals surface area contributed by atoms with Gasteiger partial charge in [0.2, 0.25) is 5.91 Å². The molecule has 0 aliphatic rings. The van der Waals surface area contributed by atoms with E-state index in [1.165, 1.54) is 11.3 Å². The summed E-state index contributed by atoms with van der Waals surface area (Å²) in [6, 6.07) is 7.25. The number of aryl methyl sites for hydroxylation is 1. The second kappa shape index (κ2) is 7.24. The van der Waals surface area contributed by atoms with Crippen LogP contribution in [-0.4, -0.2) is 18.4 Å². The molecule has 1 aromatic heterocycles. The zero-order chi connectivity index (χ0) is 15.2. The zero-order valence-electron chi connectivity index (χ0n) is 11.5. The van der Waals surface area contributed by atoms with Gasteiger partial charge in [-0.3, -0.25) is 9.59 Å². The van der Waals surface area contributed by atoms with Gasteiger partial charge in [-0.15, -0.1) is 0 Å². The van der Waals surface area contributed by atoms with Crippen molar-refractivity contribution in [3.63, 3.8) is 0 Å². The molecule has 110 valence electrons. The van der Waals surface area contributed by atoms with E-state index in [4.69, 9.17) is 11.6 Å². The van der Waals surface area contributed by atoms with Gasteiger partial charge in [0.1, 0.15) is 0 Å². The van der Waals surface area contributed by atoms with Crippen LogP contribution >= 0.6 is 22.9 Å². The van der Waals surface area contributed by atoms with Crippen molar-refractivity contribution >= 4 is 34.8 Å². The van der Waals surface area contributed by atoms with Gasteiger partial charge in [0.05, 0.1) is 6.54 Å². The SMILES string of the molecule is Cc1ccc(Cl)cc1CNC(=O)CNC(=O)c1ccsc1. The molecule has 2 rings (SSSR count). The Hall–Kier alpha value is -1.85. The highest BCUT2D eigenvalue weighted by Crippen LogP contribution is 2.15. The van der Waals surface area contributed by atoms with Crippen molar-refractivity contribution in [2.24, 2.45) is 0 Å². The summed E-state index contributed by atoms with van der Waals surface area (Å²) < 4.78 is 0. The monoisotopic (exact) mass is 322 g/mol. The maximum Gasteiger partial charge on any atom is 0.252 e. The van der Waals surface area contributed by atoms with Gasteiger partial charge in [-0.05, 0) is 41.6 Å². The van der Waals surface area contributed by atoms with Crippen LogP contribution in [0.2, 0.25) is 5.02 Å². The fourth-order valence-corrected chi connectivity index (χ4v) is 2.57. The molecular formula is C15H15ClN2O2S.